The highest BCUT2D eigenvalue weighted by molar-refractivity contribution is 7.89. The lowest BCUT2D eigenvalue weighted by Gasteiger charge is -2.30. The van der Waals surface area contributed by atoms with Crippen LogP contribution in [0.5, 0.6) is 0 Å². The monoisotopic (exact) mass is 333 g/mol. The van der Waals surface area contributed by atoms with Crippen LogP contribution in [0.25, 0.3) is 0 Å². The summed E-state index contributed by atoms with van der Waals surface area (Å²) >= 11 is 1.48. The molecule has 8 heteroatoms. The highest BCUT2D eigenvalue weighted by Gasteiger charge is 2.31. The molecular weight excluding hydrogens is 314 g/mol. The maximum atomic E-state index is 12.6. The number of sulfonamides is 1. The Morgan fingerprint density at radius 2 is 2.05 bits per heavy atom. The maximum absolute atomic E-state index is 12.6. The van der Waals surface area contributed by atoms with Crippen molar-refractivity contribution in [2.75, 3.05) is 19.7 Å². The highest BCUT2D eigenvalue weighted by Crippen LogP contribution is 2.29. The quantitative estimate of drug-likeness (QED) is 0.885. The number of rotatable bonds is 5. The van der Waals surface area contributed by atoms with E-state index in [0.29, 0.717) is 30.8 Å². The van der Waals surface area contributed by atoms with E-state index in [1.165, 1.54) is 15.6 Å². The van der Waals surface area contributed by atoms with Gasteiger partial charge in [0.25, 0.3) is 0 Å². The van der Waals surface area contributed by atoms with Gasteiger partial charge in [-0.25, -0.2) is 13.2 Å². The molecule has 0 aromatic carbocycles. The third-order valence-electron chi connectivity index (χ3n) is 3.46. The van der Waals surface area contributed by atoms with Crippen molar-refractivity contribution in [2.45, 2.75) is 37.7 Å². The van der Waals surface area contributed by atoms with Crippen molar-refractivity contribution >= 4 is 27.3 Å². The van der Waals surface area contributed by atoms with Gasteiger partial charge in [-0.1, -0.05) is 0 Å². The zero-order valence-corrected chi connectivity index (χ0v) is 13.7. The minimum Gasteiger partial charge on any atom is -0.480 e. The second kappa shape index (κ2) is 6.43. The third-order valence-corrected chi connectivity index (χ3v) is 6.58. The van der Waals surface area contributed by atoms with Gasteiger partial charge in [-0.15, -0.1) is 11.3 Å². The number of ether oxygens (including phenoxy) is 1. The normalized spacial score (nSPS) is 18.0. The number of carboxylic acid groups (broad SMARTS) is 1. The van der Waals surface area contributed by atoms with Crippen LogP contribution >= 0.6 is 11.3 Å². The van der Waals surface area contributed by atoms with Gasteiger partial charge >= 0.3 is 5.97 Å². The zero-order valence-electron chi connectivity index (χ0n) is 12.0. The topological polar surface area (TPSA) is 83.9 Å². The predicted molar refractivity (Wildman–Crippen MR) is 79.2 cm³/mol. The first-order chi connectivity index (χ1) is 9.80. The first-order valence-corrected chi connectivity index (χ1v) is 8.97. The highest BCUT2D eigenvalue weighted by atomic mass is 32.2. The predicted octanol–water partition coefficient (Wildman–Crippen LogP) is 1.62. The van der Waals surface area contributed by atoms with Crippen LogP contribution in [0, 0.1) is 13.8 Å². The summed E-state index contributed by atoms with van der Waals surface area (Å²) in [6.07, 6.45) is 0.862. The Labute approximate surface area is 128 Å². The lowest BCUT2D eigenvalue weighted by atomic mass is 10.1. The molecular formula is C13H19NO5S2. The molecule has 118 valence electrons. The molecule has 0 bridgehead atoms. The molecule has 1 aromatic heterocycles. The number of carbonyl (C=O) groups is 1. The first kappa shape index (κ1) is 16.4. The number of hydrogen-bond acceptors (Lipinski definition) is 5. The minimum absolute atomic E-state index is 0.183. The molecule has 2 heterocycles. The molecule has 6 nitrogen and oxygen atoms in total. The fraction of sp³-hybridized carbons (Fsp3) is 0.615. The van der Waals surface area contributed by atoms with Crippen LogP contribution in [0.15, 0.2) is 11.0 Å². The SMILES string of the molecule is Cc1cc(S(=O)(=O)N2CCC(OCC(=O)O)CC2)c(C)s1. The number of aliphatic carboxylic acids is 1. The Hall–Kier alpha value is -0.960. The van der Waals surface area contributed by atoms with E-state index in [1.54, 1.807) is 6.07 Å². The molecule has 21 heavy (non-hydrogen) atoms. The molecule has 0 saturated carbocycles. The number of nitrogens with zero attached hydrogens (tertiary/aromatic N) is 1. The summed E-state index contributed by atoms with van der Waals surface area (Å²) in [5, 5.41) is 8.58. The summed E-state index contributed by atoms with van der Waals surface area (Å²) in [5.74, 6) is -1.01. The second-order valence-corrected chi connectivity index (χ2v) is 8.45. The third kappa shape index (κ3) is 3.82. The van der Waals surface area contributed by atoms with Gasteiger partial charge in [-0.3, -0.25) is 0 Å². The van der Waals surface area contributed by atoms with Crippen molar-refractivity contribution in [3.8, 4) is 0 Å². The molecule has 0 unspecified atom stereocenters. The van der Waals surface area contributed by atoms with E-state index >= 15 is 0 Å². The average molecular weight is 333 g/mol. The smallest absolute Gasteiger partial charge is 0.329 e. The molecule has 1 N–H and O–H groups in total. The van der Waals surface area contributed by atoms with Crippen LogP contribution in [-0.4, -0.2) is 49.6 Å². The summed E-state index contributed by atoms with van der Waals surface area (Å²) in [6, 6.07) is 1.71. The summed E-state index contributed by atoms with van der Waals surface area (Å²) in [5.41, 5.74) is 0. The van der Waals surface area contributed by atoms with Crippen molar-refractivity contribution < 1.29 is 23.1 Å². The molecule has 0 radical (unpaired) electrons. The van der Waals surface area contributed by atoms with Gasteiger partial charge in [0.15, 0.2) is 0 Å². The van der Waals surface area contributed by atoms with Gasteiger partial charge < -0.3 is 9.84 Å². The Morgan fingerprint density at radius 1 is 1.43 bits per heavy atom. The van der Waals surface area contributed by atoms with Crippen molar-refractivity contribution in [2.24, 2.45) is 0 Å². The van der Waals surface area contributed by atoms with E-state index in [4.69, 9.17) is 9.84 Å². The summed E-state index contributed by atoms with van der Waals surface area (Å²) < 4.78 is 31.9. The molecule has 0 atom stereocenters. The van der Waals surface area contributed by atoms with Gasteiger partial charge in [0.1, 0.15) is 6.61 Å². The standard InChI is InChI=1S/C13H19NO5S2/c1-9-7-12(10(2)20-9)21(17,18)14-5-3-11(4-6-14)19-8-13(15)16/h7,11H,3-6,8H2,1-2H3,(H,15,16). The minimum atomic E-state index is -3.45. The lowest BCUT2D eigenvalue weighted by molar-refractivity contribution is -0.145. The Kier molecular flexibility index (Phi) is 5.03. The van der Waals surface area contributed by atoms with Crippen LogP contribution in [0.3, 0.4) is 0 Å². The number of hydrogen-bond donors (Lipinski definition) is 1. The van der Waals surface area contributed by atoms with Crippen LogP contribution < -0.4 is 0 Å². The molecule has 1 saturated heterocycles. The number of thiophene rings is 1. The van der Waals surface area contributed by atoms with Crippen molar-refractivity contribution in [3.63, 3.8) is 0 Å². The molecule has 1 aliphatic heterocycles. The summed E-state index contributed by atoms with van der Waals surface area (Å²) in [4.78, 5) is 12.6. The second-order valence-electron chi connectivity index (χ2n) is 5.09. The number of piperidine rings is 1. The fourth-order valence-electron chi connectivity index (χ4n) is 2.43. The van der Waals surface area contributed by atoms with E-state index in [9.17, 15) is 13.2 Å². The Bertz CT molecular complexity index is 615. The van der Waals surface area contributed by atoms with E-state index < -0.39 is 16.0 Å². The molecule has 0 aliphatic carbocycles. The Morgan fingerprint density at radius 3 is 2.52 bits per heavy atom. The van der Waals surface area contributed by atoms with Crippen LogP contribution in [-0.2, 0) is 19.6 Å². The van der Waals surface area contributed by atoms with Crippen LogP contribution in [0.1, 0.15) is 22.6 Å². The van der Waals surface area contributed by atoms with Crippen molar-refractivity contribution in [1.29, 1.82) is 0 Å². The summed E-state index contributed by atoms with van der Waals surface area (Å²) in [6.45, 7) is 4.10. The summed E-state index contributed by atoms with van der Waals surface area (Å²) in [7, 11) is -3.45. The van der Waals surface area contributed by atoms with E-state index in [-0.39, 0.29) is 12.7 Å². The molecule has 0 amide bonds. The average Bonchev–Trinajstić information content (AvgIpc) is 2.76. The van der Waals surface area contributed by atoms with Gasteiger partial charge in [0, 0.05) is 22.8 Å². The van der Waals surface area contributed by atoms with Gasteiger partial charge in [-0.2, -0.15) is 4.31 Å². The van der Waals surface area contributed by atoms with Crippen LogP contribution in [0.2, 0.25) is 0 Å². The lowest BCUT2D eigenvalue weighted by Crippen LogP contribution is -2.41. The van der Waals surface area contributed by atoms with Gasteiger partial charge in [-0.05, 0) is 32.8 Å². The molecule has 2 rings (SSSR count). The number of carboxylic acids is 1. The van der Waals surface area contributed by atoms with Crippen molar-refractivity contribution in [1.82, 2.24) is 4.31 Å². The molecule has 0 spiro atoms. The van der Waals surface area contributed by atoms with Gasteiger partial charge in [0.2, 0.25) is 10.0 Å². The fourth-order valence-corrected chi connectivity index (χ4v) is 5.42. The zero-order chi connectivity index (χ0) is 15.6. The molecule has 1 aromatic rings. The van der Waals surface area contributed by atoms with Crippen LogP contribution in [0.4, 0.5) is 0 Å². The van der Waals surface area contributed by atoms with Gasteiger partial charge in [0.05, 0.1) is 11.0 Å². The maximum Gasteiger partial charge on any atom is 0.329 e. The van der Waals surface area contributed by atoms with E-state index in [1.807, 2.05) is 13.8 Å². The number of aryl methyl sites for hydroxylation is 2. The largest absolute Gasteiger partial charge is 0.480 e. The van der Waals surface area contributed by atoms with E-state index in [0.717, 1.165) is 9.75 Å². The first-order valence-electron chi connectivity index (χ1n) is 6.71. The Balaban J connectivity index is 2.01. The molecule has 1 fully saturated rings. The molecule has 1 aliphatic rings. The van der Waals surface area contributed by atoms with E-state index in [2.05, 4.69) is 0 Å². The van der Waals surface area contributed by atoms with Crippen molar-refractivity contribution in [3.05, 3.63) is 15.8 Å².